The first kappa shape index (κ1) is 19.4. The lowest BCUT2D eigenvalue weighted by Crippen LogP contribution is -2.27. The molecule has 0 aliphatic rings. The van der Waals surface area contributed by atoms with Crippen LogP contribution in [0.1, 0.15) is 5.56 Å². The average Bonchev–Trinajstić information content (AvgIpc) is 3.36. The summed E-state index contributed by atoms with van der Waals surface area (Å²) in [5.41, 5.74) is 2.96. The Balaban J connectivity index is 1.27. The van der Waals surface area contributed by atoms with Crippen LogP contribution >= 0.6 is 11.8 Å². The zero-order valence-corrected chi connectivity index (χ0v) is 18.0. The van der Waals surface area contributed by atoms with Crippen molar-refractivity contribution < 1.29 is 9.53 Å². The van der Waals surface area contributed by atoms with E-state index in [9.17, 15) is 4.79 Å². The van der Waals surface area contributed by atoms with Crippen LogP contribution in [0.25, 0.3) is 27.6 Å². The van der Waals surface area contributed by atoms with Crippen molar-refractivity contribution in [1.82, 2.24) is 24.5 Å². The van der Waals surface area contributed by atoms with Crippen LogP contribution in [0.2, 0.25) is 0 Å². The van der Waals surface area contributed by atoms with Gasteiger partial charge in [-0.25, -0.2) is 10.1 Å². The lowest BCUT2D eigenvalue weighted by atomic mass is 10.1. The molecule has 1 N–H and O–H groups in total. The van der Waals surface area contributed by atoms with Crippen molar-refractivity contribution in [3.05, 3.63) is 66.2 Å². The van der Waals surface area contributed by atoms with Gasteiger partial charge in [-0.1, -0.05) is 42.1 Å². The fourth-order valence-electron chi connectivity index (χ4n) is 3.64. The summed E-state index contributed by atoms with van der Waals surface area (Å²) in [6, 6.07) is 20.1. The molecule has 156 valence electrons. The van der Waals surface area contributed by atoms with E-state index in [1.165, 1.54) is 11.8 Å². The number of nitrogens with one attached hydrogen (secondary N) is 1. The maximum atomic E-state index is 12.8. The number of imidazole rings is 1. The van der Waals surface area contributed by atoms with E-state index < -0.39 is 0 Å². The number of fused-ring (bicyclic) bond motifs is 4. The number of para-hydroxylation sites is 2. The molecule has 1 amide bonds. The van der Waals surface area contributed by atoms with Crippen molar-refractivity contribution in [2.75, 3.05) is 19.9 Å². The quantitative estimate of drug-likeness (QED) is 0.409. The Morgan fingerprint density at radius 1 is 1.13 bits per heavy atom. The highest BCUT2D eigenvalue weighted by Gasteiger charge is 2.15. The molecule has 2 aromatic heterocycles. The topological polar surface area (TPSA) is 75.5 Å². The Morgan fingerprint density at radius 3 is 2.81 bits per heavy atom. The number of carbonyl (C=O) groups excluding carboxylic acids is 1. The second-order valence-electron chi connectivity index (χ2n) is 7.35. The number of rotatable bonds is 6. The third-order valence-electron chi connectivity index (χ3n) is 5.29. The number of nitrogens with zero attached hydrogens (tertiary/aromatic N) is 4. The lowest BCUT2D eigenvalue weighted by Gasteiger charge is -2.17. The molecule has 31 heavy (non-hydrogen) atoms. The number of amides is 1. The fraction of sp³-hybridized carbons (Fsp3) is 0.174. The minimum atomic E-state index is 0.0420. The van der Waals surface area contributed by atoms with Crippen molar-refractivity contribution >= 4 is 45.3 Å². The van der Waals surface area contributed by atoms with E-state index >= 15 is 0 Å². The van der Waals surface area contributed by atoms with E-state index in [1.54, 1.807) is 12.0 Å². The van der Waals surface area contributed by atoms with Crippen LogP contribution in [-0.2, 0) is 11.3 Å². The number of methoxy groups -OCH3 is 1. The van der Waals surface area contributed by atoms with Gasteiger partial charge in [-0.2, -0.15) is 0 Å². The van der Waals surface area contributed by atoms with Crippen LogP contribution in [0.4, 0.5) is 0 Å². The molecule has 2 heterocycles. The number of aromatic amines is 1. The smallest absolute Gasteiger partial charge is 0.233 e. The normalized spacial score (nSPS) is 11.4. The molecule has 0 unspecified atom stereocenters. The summed E-state index contributed by atoms with van der Waals surface area (Å²) in [5, 5.41) is 10.2. The molecule has 5 rings (SSSR count). The summed E-state index contributed by atoms with van der Waals surface area (Å²) in [7, 11) is 3.49. The van der Waals surface area contributed by atoms with E-state index in [1.807, 2.05) is 60.0 Å². The Bertz CT molecular complexity index is 1410. The third kappa shape index (κ3) is 3.70. The number of H-pyrrole nitrogens is 1. The molecule has 3 aromatic carbocycles. The standard InChI is InChI=1S/C23H21N5O2S/c1-27(13-15-7-8-17-12-18(30-2)10-9-16(17)11-15)21(29)14-31-23-26-25-22-24-19-5-3-4-6-20(19)28(22)23/h3-12H,13-14H2,1-2H3,(H,24,25). The third-order valence-corrected chi connectivity index (χ3v) is 6.21. The number of benzene rings is 3. The van der Waals surface area contributed by atoms with Crippen molar-refractivity contribution in [3.8, 4) is 5.75 Å². The number of hydrogen-bond donors (Lipinski definition) is 1. The molecular weight excluding hydrogens is 410 g/mol. The molecule has 0 fully saturated rings. The van der Waals surface area contributed by atoms with Gasteiger partial charge in [0.2, 0.25) is 11.7 Å². The Morgan fingerprint density at radius 2 is 1.94 bits per heavy atom. The Kier molecular flexibility index (Phi) is 4.99. The summed E-state index contributed by atoms with van der Waals surface area (Å²) in [5.74, 6) is 1.86. The highest BCUT2D eigenvalue weighted by Crippen LogP contribution is 2.24. The van der Waals surface area contributed by atoms with Gasteiger partial charge in [0.15, 0.2) is 5.16 Å². The summed E-state index contributed by atoms with van der Waals surface area (Å²) < 4.78 is 7.23. The molecule has 0 spiro atoms. The van der Waals surface area contributed by atoms with E-state index in [-0.39, 0.29) is 5.91 Å². The van der Waals surface area contributed by atoms with Gasteiger partial charge in [-0.15, -0.1) is 5.10 Å². The van der Waals surface area contributed by atoms with Crippen molar-refractivity contribution in [2.24, 2.45) is 0 Å². The molecule has 0 atom stereocenters. The van der Waals surface area contributed by atoms with Crippen molar-refractivity contribution in [3.63, 3.8) is 0 Å². The molecule has 8 heteroatoms. The summed E-state index contributed by atoms with van der Waals surface area (Å²) in [6.07, 6.45) is 0. The molecule has 0 bridgehead atoms. The SMILES string of the molecule is COc1ccc2cc(CN(C)C(=O)CSc3n[nH]c4nc5ccccc5n34)ccc2c1. The molecule has 0 saturated heterocycles. The highest BCUT2D eigenvalue weighted by atomic mass is 32.2. The molecule has 0 saturated carbocycles. The monoisotopic (exact) mass is 431 g/mol. The second-order valence-corrected chi connectivity index (χ2v) is 8.29. The summed E-state index contributed by atoms with van der Waals surface area (Å²) >= 11 is 1.41. The lowest BCUT2D eigenvalue weighted by molar-refractivity contribution is -0.127. The highest BCUT2D eigenvalue weighted by molar-refractivity contribution is 7.99. The van der Waals surface area contributed by atoms with E-state index in [0.717, 1.165) is 38.3 Å². The van der Waals surface area contributed by atoms with Crippen LogP contribution < -0.4 is 4.74 Å². The molecule has 5 aromatic rings. The predicted molar refractivity (Wildman–Crippen MR) is 123 cm³/mol. The average molecular weight is 432 g/mol. The minimum Gasteiger partial charge on any atom is -0.497 e. The zero-order chi connectivity index (χ0) is 21.4. The van der Waals surface area contributed by atoms with Crippen LogP contribution in [0.5, 0.6) is 5.75 Å². The number of carbonyl (C=O) groups is 1. The van der Waals surface area contributed by atoms with Gasteiger partial charge in [-0.05, 0) is 46.7 Å². The van der Waals surface area contributed by atoms with Gasteiger partial charge >= 0.3 is 0 Å². The van der Waals surface area contributed by atoms with E-state index in [0.29, 0.717) is 18.1 Å². The van der Waals surface area contributed by atoms with Gasteiger partial charge in [0.1, 0.15) is 5.75 Å². The molecule has 0 radical (unpaired) electrons. The van der Waals surface area contributed by atoms with Crippen molar-refractivity contribution in [1.29, 1.82) is 0 Å². The van der Waals surface area contributed by atoms with Crippen LogP contribution in [0.3, 0.4) is 0 Å². The Labute approximate surface area is 183 Å². The van der Waals surface area contributed by atoms with E-state index in [4.69, 9.17) is 4.74 Å². The largest absolute Gasteiger partial charge is 0.497 e. The number of hydrogen-bond acceptors (Lipinski definition) is 5. The Hall–Kier alpha value is -3.52. The predicted octanol–water partition coefficient (Wildman–Crippen LogP) is 4.12. The molecule has 0 aliphatic heterocycles. The van der Waals surface area contributed by atoms with Crippen LogP contribution in [0.15, 0.2) is 65.8 Å². The zero-order valence-electron chi connectivity index (χ0n) is 17.2. The van der Waals surface area contributed by atoms with E-state index in [2.05, 4.69) is 27.3 Å². The maximum Gasteiger partial charge on any atom is 0.233 e. The van der Waals surface area contributed by atoms with Crippen LogP contribution in [-0.4, -0.2) is 50.3 Å². The fourth-order valence-corrected chi connectivity index (χ4v) is 4.53. The van der Waals surface area contributed by atoms with Gasteiger partial charge in [0.25, 0.3) is 0 Å². The first-order chi connectivity index (χ1) is 15.1. The van der Waals surface area contributed by atoms with Gasteiger partial charge in [-0.3, -0.25) is 9.20 Å². The van der Waals surface area contributed by atoms with Crippen molar-refractivity contribution in [2.45, 2.75) is 11.7 Å². The molecule has 7 nitrogen and oxygen atoms in total. The van der Waals surface area contributed by atoms with Gasteiger partial charge < -0.3 is 9.64 Å². The molecule has 0 aliphatic carbocycles. The summed E-state index contributed by atoms with van der Waals surface area (Å²) in [6.45, 7) is 0.547. The summed E-state index contributed by atoms with van der Waals surface area (Å²) in [4.78, 5) is 19.0. The minimum absolute atomic E-state index is 0.0420. The number of ether oxygens (including phenoxy) is 1. The van der Waals surface area contributed by atoms with Crippen LogP contribution in [0, 0.1) is 0 Å². The van der Waals surface area contributed by atoms with Gasteiger partial charge in [0.05, 0.1) is 23.9 Å². The first-order valence-electron chi connectivity index (χ1n) is 9.87. The maximum absolute atomic E-state index is 12.8. The number of aromatic nitrogens is 4. The number of thioether (sulfide) groups is 1. The molecular formula is C23H21N5O2S. The first-order valence-corrected chi connectivity index (χ1v) is 10.9. The van der Waals surface area contributed by atoms with Gasteiger partial charge in [0, 0.05) is 13.6 Å². The second kappa shape index (κ2) is 7.96.